The molecule has 2 aromatic rings. The lowest BCUT2D eigenvalue weighted by molar-refractivity contribution is -0.122. The molecule has 176 valence electrons. The molecule has 0 spiro atoms. The molecule has 10 heteroatoms. The van der Waals surface area contributed by atoms with E-state index in [0.717, 1.165) is 16.7 Å². The molecule has 5 rings (SSSR count). The van der Waals surface area contributed by atoms with Gasteiger partial charge in [0.15, 0.2) is 0 Å². The molecule has 2 heterocycles. The summed E-state index contributed by atoms with van der Waals surface area (Å²) in [5, 5.41) is 12.6. The van der Waals surface area contributed by atoms with Crippen LogP contribution in [0.15, 0.2) is 40.0 Å². The first kappa shape index (κ1) is 23.4. The highest BCUT2D eigenvalue weighted by atomic mass is 79.9. The van der Waals surface area contributed by atoms with Gasteiger partial charge in [-0.15, -0.1) is 0 Å². The van der Waals surface area contributed by atoms with Crippen molar-refractivity contribution in [2.24, 2.45) is 23.2 Å². The molecule has 3 amide bonds. The van der Waals surface area contributed by atoms with Crippen molar-refractivity contribution in [3.8, 4) is 0 Å². The van der Waals surface area contributed by atoms with Gasteiger partial charge in [0.25, 0.3) is 5.56 Å². The van der Waals surface area contributed by atoms with E-state index in [2.05, 4.69) is 62.7 Å². The van der Waals surface area contributed by atoms with E-state index in [1.807, 2.05) is 0 Å². The molecule has 2 bridgehead atoms. The fraction of sp³-hybridized carbons (Fsp3) is 0.522. The molecule has 0 saturated heterocycles. The number of hydrogen-bond donors (Lipinski definition) is 3. The van der Waals surface area contributed by atoms with Gasteiger partial charge in [0.2, 0.25) is 5.91 Å². The number of carbonyl (C=O) groups is 2. The van der Waals surface area contributed by atoms with E-state index in [-0.39, 0.29) is 34.7 Å². The number of fused-ring (bicyclic) bond motifs is 2. The highest BCUT2D eigenvalue weighted by Crippen LogP contribution is 2.61. The maximum Gasteiger partial charge on any atom is 0.319 e. The average Bonchev–Trinajstić information content (AvgIpc) is 2.79. The molecule has 3 fully saturated rings. The van der Waals surface area contributed by atoms with Crippen LogP contribution in [0.3, 0.4) is 0 Å². The van der Waals surface area contributed by atoms with Gasteiger partial charge in [0.1, 0.15) is 11.0 Å². The summed E-state index contributed by atoms with van der Waals surface area (Å²) in [6.07, 6.45) is 6.85. The Kier molecular flexibility index (Phi) is 6.56. The number of aromatic nitrogens is 3. The maximum atomic E-state index is 12.6. The molecular formula is C23H29BrN6O3. The molecule has 3 saturated carbocycles. The highest BCUT2D eigenvalue weighted by Gasteiger charge is 2.56. The molecule has 3 N–H and O–H groups in total. The largest absolute Gasteiger partial charge is 0.350 e. The highest BCUT2D eigenvalue weighted by molar-refractivity contribution is 9.10. The molecule has 0 aliphatic heterocycles. The number of urea groups is 1. The number of hydrogen-bond acceptors (Lipinski definition) is 5. The third-order valence-electron chi connectivity index (χ3n) is 7.44. The second kappa shape index (κ2) is 9.24. The van der Waals surface area contributed by atoms with Crippen molar-refractivity contribution in [3.05, 3.63) is 51.1 Å². The molecule has 2 aromatic heterocycles. The number of carbonyl (C=O) groups excluding carboxylic acids is 2. The molecule has 0 aromatic carbocycles. The molecule has 9 nitrogen and oxygen atoms in total. The fourth-order valence-electron chi connectivity index (χ4n) is 5.23. The summed E-state index contributed by atoms with van der Waals surface area (Å²) in [4.78, 5) is 41.4. The Morgan fingerprint density at radius 3 is 2.64 bits per heavy atom. The molecule has 4 atom stereocenters. The summed E-state index contributed by atoms with van der Waals surface area (Å²) < 4.78 is 1.20. The summed E-state index contributed by atoms with van der Waals surface area (Å²) in [6, 6.07) is 3.34. The van der Waals surface area contributed by atoms with Crippen molar-refractivity contribution in [3.63, 3.8) is 0 Å². The average molecular weight is 517 g/mol. The van der Waals surface area contributed by atoms with Gasteiger partial charge in [0.05, 0.1) is 11.9 Å². The summed E-state index contributed by atoms with van der Waals surface area (Å²) in [5.41, 5.74) is 1.01. The zero-order valence-electron chi connectivity index (χ0n) is 19.0. The first-order valence-electron chi connectivity index (χ1n) is 11.2. The van der Waals surface area contributed by atoms with Crippen LogP contribution in [0, 0.1) is 23.2 Å². The van der Waals surface area contributed by atoms with Gasteiger partial charge in [-0.1, -0.05) is 20.8 Å². The monoisotopic (exact) mass is 516 g/mol. The summed E-state index contributed by atoms with van der Waals surface area (Å²) in [7, 11) is 0. The Hall–Kier alpha value is -2.75. The van der Waals surface area contributed by atoms with Gasteiger partial charge in [-0.25, -0.2) is 9.48 Å². The minimum atomic E-state index is -0.499. The SMILES string of the molecule is C[C@H]1[C@H]2C[C@H](C[C@H]1NC(=O)Nc1cnn(CC(=O)NCc3ccncc3)c(=O)c1Br)C2(C)C. The van der Waals surface area contributed by atoms with Crippen LogP contribution in [0.1, 0.15) is 39.2 Å². The van der Waals surface area contributed by atoms with Gasteiger partial charge in [-0.2, -0.15) is 5.10 Å². The Balaban J connectivity index is 1.33. The first-order chi connectivity index (χ1) is 15.7. The lowest BCUT2D eigenvalue weighted by Crippen LogP contribution is -2.61. The Morgan fingerprint density at radius 1 is 1.24 bits per heavy atom. The number of amides is 3. The maximum absolute atomic E-state index is 12.6. The minimum Gasteiger partial charge on any atom is -0.350 e. The van der Waals surface area contributed by atoms with Crippen molar-refractivity contribution in [2.45, 2.75) is 52.7 Å². The first-order valence-corrected chi connectivity index (χ1v) is 11.9. The van der Waals surface area contributed by atoms with Gasteiger partial charge in [-0.05, 0) is 69.6 Å². The normalized spacial score (nSPS) is 25.0. The molecule has 3 aliphatic rings. The van der Waals surface area contributed by atoms with Crippen LogP contribution in [-0.4, -0.2) is 32.7 Å². The smallest absolute Gasteiger partial charge is 0.319 e. The van der Waals surface area contributed by atoms with Crippen molar-refractivity contribution >= 4 is 33.6 Å². The third-order valence-corrected chi connectivity index (χ3v) is 8.20. The van der Waals surface area contributed by atoms with Crippen LogP contribution >= 0.6 is 15.9 Å². The zero-order valence-corrected chi connectivity index (χ0v) is 20.6. The van der Waals surface area contributed by atoms with Crippen molar-refractivity contribution < 1.29 is 9.59 Å². The Bertz CT molecular complexity index is 1100. The molecular weight excluding hydrogens is 488 g/mol. The van der Waals surface area contributed by atoms with E-state index in [0.29, 0.717) is 29.7 Å². The van der Waals surface area contributed by atoms with Gasteiger partial charge >= 0.3 is 6.03 Å². The second-order valence-electron chi connectivity index (χ2n) is 9.63. The lowest BCUT2D eigenvalue weighted by atomic mass is 9.45. The van der Waals surface area contributed by atoms with Crippen LogP contribution in [0.2, 0.25) is 0 Å². The summed E-state index contributed by atoms with van der Waals surface area (Å²) >= 11 is 3.24. The number of halogens is 1. The number of pyridine rings is 1. The molecule has 0 unspecified atom stereocenters. The number of nitrogens with one attached hydrogen (secondary N) is 3. The van der Waals surface area contributed by atoms with E-state index in [1.54, 1.807) is 24.5 Å². The second-order valence-corrected chi connectivity index (χ2v) is 10.4. The predicted molar refractivity (Wildman–Crippen MR) is 127 cm³/mol. The molecule has 0 radical (unpaired) electrons. The standard InChI is InChI=1S/C23H29BrN6O3/c1-13-16-8-15(23(16,2)3)9-17(13)28-22(33)29-18-11-27-30(21(32)20(18)24)12-19(31)26-10-14-4-6-25-7-5-14/h4-7,11,13,15-17H,8-10,12H2,1-3H3,(H,26,31)(H2,28,29,33)/t13-,15+,16+,17+/m0/s1. The van der Waals surface area contributed by atoms with E-state index in [1.165, 1.54) is 12.6 Å². The van der Waals surface area contributed by atoms with E-state index < -0.39 is 5.56 Å². The predicted octanol–water partition coefficient (Wildman–Crippen LogP) is 2.91. The zero-order chi connectivity index (χ0) is 23.8. The van der Waals surface area contributed by atoms with Crippen LogP contribution < -0.4 is 21.5 Å². The van der Waals surface area contributed by atoms with Crippen LogP contribution in [-0.2, 0) is 17.9 Å². The van der Waals surface area contributed by atoms with Crippen molar-refractivity contribution in [1.82, 2.24) is 25.4 Å². The van der Waals surface area contributed by atoms with Gasteiger partial charge in [0, 0.05) is 25.0 Å². The Labute approximate surface area is 200 Å². The van der Waals surface area contributed by atoms with Crippen LogP contribution in [0.5, 0.6) is 0 Å². The van der Waals surface area contributed by atoms with E-state index >= 15 is 0 Å². The quantitative estimate of drug-likeness (QED) is 0.545. The Morgan fingerprint density at radius 2 is 1.97 bits per heavy atom. The van der Waals surface area contributed by atoms with Crippen LogP contribution in [0.4, 0.5) is 10.5 Å². The minimum absolute atomic E-state index is 0.109. The van der Waals surface area contributed by atoms with E-state index in [9.17, 15) is 14.4 Å². The van der Waals surface area contributed by atoms with Crippen molar-refractivity contribution in [2.75, 3.05) is 5.32 Å². The van der Waals surface area contributed by atoms with E-state index in [4.69, 9.17) is 0 Å². The van der Waals surface area contributed by atoms with Gasteiger partial charge in [-0.3, -0.25) is 14.6 Å². The van der Waals surface area contributed by atoms with Crippen LogP contribution in [0.25, 0.3) is 0 Å². The topological polar surface area (TPSA) is 118 Å². The number of rotatable bonds is 6. The molecule has 33 heavy (non-hydrogen) atoms. The third kappa shape index (κ3) is 4.80. The number of nitrogens with zero attached hydrogens (tertiary/aromatic N) is 3. The number of anilines is 1. The molecule has 3 aliphatic carbocycles. The summed E-state index contributed by atoms with van der Waals surface area (Å²) in [6.45, 7) is 6.93. The van der Waals surface area contributed by atoms with Crippen molar-refractivity contribution in [1.29, 1.82) is 0 Å². The fourth-order valence-corrected chi connectivity index (χ4v) is 5.63. The lowest BCUT2D eigenvalue weighted by Gasteiger charge is -2.62. The summed E-state index contributed by atoms with van der Waals surface area (Å²) in [5.74, 6) is 1.30. The van der Waals surface area contributed by atoms with Gasteiger partial charge < -0.3 is 16.0 Å².